The Hall–Kier alpha value is -3.88. The van der Waals surface area contributed by atoms with E-state index in [1.54, 1.807) is 18.2 Å². The van der Waals surface area contributed by atoms with Crippen LogP contribution in [0.2, 0.25) is 0 Å². The number of hydrogen-bond acceptors (Lipinski definition) is 6. The highest BCUT2D eigenvalue weighted by atomic mass is 16.5. The highest BCUT2D eigenvalue weighted by Crippen LogP contribution is 2.25. The van der Waals surface area contributed by atoms with Gasteiger partial charge in [0.05, 0.1) is 0 Å². The first-order valence-corrected chi connectivity index (χ1v) is 11.4. The van der Waals surface area contributed by atoms with Gasteiger partial charge in [0.1, 0.15) is 29.8 Å². The lowest BCUT2D eigenvalue weighted by Gasteiger charge is -2.28. The van der Waals surface area contributed by atoms with Gasteiger partial charge in [0.2, 0.25) is 5.88 Å². The van der Waals surface area contributed by atoms with Gasteiger partial charge in [-0.3, -0.25) is 0 Å². The minimum Gasteiger partial charge on any atom is -0.490 e. The lowest BCUT2D eigenvalue weighted by atomic mass is 9.94. The van der Waals surface area contributed by atoms with E-state index < -0.39 is 12.1 Å². The summed E-state index contributed by atoms with van der Waals surface area (Å²) in [6.45, 7) is 4.71. The topological polar surface area (TPSA) is 117 Å². The Morgan fingerprint density at radius 3 is 2.69 bits per heavy atom. The highest BCUT2D eigenvalue weighted by molar-refractivity contribution is 5.90. The number of β-amino-alcohol motifs (C(OH)–C–C–N with tert-alkyl or cyclic N) is 1. The number of aliphatic hydroxyl groups excluding tert-OH is 1. The van der Waals surface area contributed by atoms with Crippen LogP contribution in [0.3, 0.4) is 0 Å². The molecule has 0 aliphatic carbocycles. The first-order chi connectivity index (χ1) is 16.8. The number of nitrogens with zero attached hydrogens (tertiary/aromatic N) is 1. The molecule has 0 amide bonds. The van der Waals surface area contributed by atoms with Crippen LogP contribution in [0.4, 0.5) is 0 Å². The molecule has 0 bridgehead atoms. The number of aromatic nitrogens is 2. The first-order valence-electron chi connectivity index (χ1n) is 11.4. The number of nitrogens with one attached hydrogen (secondary N) is 2. The third-order valence-corrected chi connectivity index (χ3v) is 5.59. The molecule has 0 aliphatic heterocycles. The molecule has 35 heavy (non-hydrogen) atoms. The fourth-order valence-electron chi connectivity index (χ4n) is 3.82. The molecule has 182 valence electrons. The van der Waals surface area contributed by atoms with Gasteiger partial charge in [-0.15, -0.1) is 0 Å². The molecule has 8 nitrogen and oxygen atoms in total. The van der Waals surface area contributed by atoms with Gasteiger partial charge in [-0.05, 0) is 68.3 Å². The smallest absolute Gasteiger partial charge is 0.341 e. The summed E-state index contributed by atoms with van der Waals surface area (Å²) in [6, 6.07) is 18.2. The van der Waals surface area contributed by atoms with Crippen molar-refractivity contribution in [2.45, 2.75) is 31.9 Å². The molecule has 0 saturated carbocycles. The third kappa shape index (κ3) is 6.38. The summed E-state index contributed by atoms with van der Waals surface area (Å²) in [5.74, 6) is 0.210. The predicted octanol–water partition coefficient (Wildman–Crippen LogP) is 4.40. The second kappa shape index (κ2) is 10.6. The van der Waals surface area contributed by atoms with E-state index in [0.717, 1.165) is 22.2 Å². The molecule has 2 heterocycles. The number of H-pyrrole nitrogens is 1. The number of aromatic carboxylic acids is 1. The number of ether oxygens (including phenoxy) is 2. The molecule has 0 radical (unpaired) electrons. The zero-order valence-electron chi connectivity index (χ0n) is 19.7. The summed E-state index contributed by atoms with van der Waals surface area (Å²) < 4.78 is 11.5. The van der Waals surface area contributed by atoms with Crippen LogP contribution < -0.4 is 14.8 Å². The van der Waals surface area contributed by atoms with E-state index in [0.29, 0.717) is 18.7 Å². The molecule has 0 aliphatic rings. The van der Waals surface area contributed by atoms with E-state index >= 15 is 0 Å². The summed E-state index contributed by atoms with van der Waals surface area (Å²) in [4.78, 5) is 18.5. The SMILES string of the molecule is CC(C)(Cc1ccc(Oc2ncccc2C(=O)O)cc1)NC[C@H](O)COc1cccc2[nH]ccc12. The first kappa shape index (κ1) is 24.3. The Morgan fingerprint density at radius 1 is 1.11 bits per heavy atom. The minimum atomic E-state index is -1.09. The van der Waals surface area contributed by atoms with Gasteiger partial charge in [-0.1, -0.05) is 18.2 Å². The molecule has 4 N–H and O–H groups in total. The van der Waals surface area contributed by atoms with Crippen molar-refractivity contribution in [3.8, 4) is 17.4 Å². The molecular formula is C27H29N3O5. The standard InChI is InChI=1S/C27H29N3O5/c1-27(2,30-16-19(31)17-34-24-7-3-6-23-21(24)12-14-28-23)15-18-8-10-20(11-9-18)35-25-22(26(32)33)5-4-13-29-25/h3-14,19,28,30-31H,15-17H2,1-2H3,(H,32,33)/t19-/m0/s1. The largest absolute Gasteiger partial charge is 0.490 e. The monoisotopic (exact) mass is 475 g/mol. The molecular weight excluding hydrogens is 446 g/mol. The van der Waals surface area contributed by atoms with Crippen LogP contribution in [0.5, 0.6) is 17.4 Å². The molecule has 0 unspecified atom stereocenters. The molecule has 4 aromatic rings. The van der Waals surface area contributed by atoms with Crippen LogP contribution >= 0.6 is 0 Å². The predicted molar refractivity (Wildman–Crippen MR) is 133 cm³/mol. The van der Waals surface area contributed by atoms with Gasteiger partial charge in [-0.2, -0.15) is 0 Å². The normalized spacial score (nSPS) is 12.4. The number of carboxylic acids is 1. The minimum absolute atomic E-state index is 0.00855. The Bertz CT molecular complexity index is 1280. The van der Waals surface area contributed by atoms with Crippen LogP contribution in [-0.2, 0) is 6.42 Å². The van der Waals surface area contributed by atoms with Gasteiger partial charge in [0.25, 0.3) is 0 Å². The zero-order valence-corrected chi connectivity index (χ0v) is 19.7. The van der Waals surface area contributed by atoms with Gasteiger partial charge < -0.3 is 30.0 Å². The fourth-order valence-corrected chi connectivity index (χ4v) is 3.82. The lowest BCUT2D eigenvalue weighted by Crippen LogP contribution is -2.46. The molecule has 2 aromatic heterocycles. The number of rotatable bonds is 11. The number of benzene rings is 2. The molecule has 4 rings (SSSR count). The van der Waals surface area contributed by atoms with Crippen LogP contribution in [0.25, 0.3) is 10.9 Å². The summed E-state index contributed by atoms with van der Waals surface area (Å²) >= 11 is 0. The molecule has 0 saturated heterocycles. The summed E-state index contributed by atoms with van der Waals surface area (Å²) in [5, 5.41) is 24.1. The maximum atomic E-state index is 11.3. The summed E-state index contributed by atoms with van der Waals surface area (Å²) in [7, 11) is 0. The van der Waals surface area contributed by atoms with Crippen molar-refractivity contribution in [3.05, 3.63) is 84.2 Å². The van der Waals surface area contributed by atoms with Crippen molar-refractivity contribution in [3.63, 3.8) is 0 Å². The van der Waals surface area contributed by atoms with E-state index in [-0.39, 0.29) is 23.6 Å². The van der Waals surface area contributed by atoms with Crippen molar-refractivity contribution in [1.29, 1.82) is 0 Å². The average Bonchev–Trinajstić information content (AvgIpc) is 3.32. The highest BCUT2D eigenvalue weighted by Gasteiger charge is 2.20. The molecule has 8 heteroatoms. The molecule has 0 fully saturated rings. The second-order valence-electron chi connectivity index (χ2n) is 9.01. The average molecular weight is 476 g/mol. The van der Waals surface area contributed by atoms with Gasteiger partial charge in [-0.25, -0.2) is 9.78 Å². The van der Waals surface area contributed by atoms with Gasteiger partial charge in [0, 0.05) is 35.4 Å². The Labute approximate surface area is 203 Å². The van der Waals surface area contributed by atoms with Crippen molar-refractivity contribution in [2.24, 2.45) is 0 Å². The number of hydrogen-bond donors (Lipinski definition) is 4. The van der Waals surface area contributed by atoms with Crippen molar-refractivity contribution < 1.29 is 24.5 Å². The number of pyridine rings is 1. The van der Waals surface area contributed by atoms with E-state index in [4.69, 9.17) is 9.47 Å². The van der Waals surface area contributed by atoms with Gasteiger partial charge >= 0.3 is 5.97 Å². The van der Waals surface area contributed by atoms with Gasteiger partial charge in [0.15, 0.2) is 0 Å². The number of fused-ring (bicyclic) bond motifs is 1. The number of carbonyl (C=O) groups is 1. The number of carboxylic acid groups (broad SMARTS) is 1. The third-order valence-electron chi connectivity index (χ3n) is 5.59. The van der Waals surface area contributed by atoms with Crippen molar-refractivity contribution in [1.82, 2.24) is 15.3 Å². The summed E-state index contributed by atoms with van der Waals surface area (Å²) in [6.07, 6.45) is 3.40. The second-order valence-corrected chi connectivity index (χ2v) is 9.01. The Morgan fingerprint density at radius 2 is 1.91 bits per heavy atom. The quantitative estimate of drug-likeness (QED) is 0.254. The van der Waals surface area contributed by atoms with Crippen LogP contribution in [-0.4, -0.2) is 50.9 Å². The van der Waals surface area contributed by atoms with E-state index in [1.165, 1.54) is 12.3 Å². The summed E-state index contributed by atoms with van der Waals surface area (Å²) in [5.41, 5.74) is 1.80. The van der Waals surface area contributed by atoms with Crippen LogP contribution in [0, 0.1) is 0 Å². The number of aliphatic hydroxyl groups is 1. The van der Waals surface area contributed by atoms with Crippen molar-refractivity contribution >= 4 is 16.9 Å². The zero-order chi connectivity index (χ0) is 24.8. The molecule has 2 aromatic carbocycles. The molecule has 0 spiro atoms. The molecule has 1 atom stereocenters. The van der Waals surface area contributed by atoms with E-state index in [9.17, 15) is 15.0 Å². The van der Waals surface area contributed by atoms with Crippen LogP contribution in [0.15, 0.2) is 73.1 Å². The van der Waals surface area contributed by atoms with E-state index in [1.807, 2.05) is 42.6 Å². The Kier molecular flexibility index (Phi) is 7.33. The van der Waals surface area contributed by atoms with Crippen LogP contribution in [0.1, 0.15) is 29.8 Å². The Balaban J connectivity index is 1.28. The lowest BCUT2D eigenvalue weighted by molar-refractivity contribution is 0.0693. The van der Waals surface area contributed by atoms with Crippen molar-refractivity contribution in [2.75, 3.05) is 13.2 Å². The van der Waals surface area contributed by atoms with E-state index in [2.05, 4.69) is 29.1 Å². The fraction of sp³-hybridized carbons (Fsp3) is 0.259. The maximum Gasteiger partial charge on any atom is 0.341 e. The maximum absolute atomic E-state index is 11.3. The number of aromatic amines is 1.